The first-order valence-electron chi connectivity index (χ1n) is 8.58. The first-order chi connectivity index (χ1) is 13.0. The minimum Gasteiger partial charge on any atom is -0.494 e. The lowest BCUT2D eigenvalue weighted by Crippen LogP contribution is -2.36. The summed E-state index contributed by atoms with van der Waals surface area (Å²) in [4.78, 5) is 22.5. The number of halogens is 1. The Morgan fingerprint density at radius 3 is 2.52 bits per heavy atom. The van der Waals surface area contributed by atoms with Crippen LogP contribution in [0.25, 0.3) is 0 Å². The van der Waals surface area contributed by atoms with Gasteiger partial charge >= 0.3 is 5.97 Å². The third kappa shape index (κ3) is 6.97. The summed E-state index contributed by atoms with van der Waals surface area (Å²) in [5.74, 6) is -1.06. The second-order valence-electron chi connectivity index (χ2n) is 5.90. The van der Waals surface area contributed by atoms with Crippen LogP contribution in [-0.2, 0) is 16.1 Å². The third-order valence-corrected chi connectivity index (χ3v) is 3.70. The first kappa shape index (κ1) is 20.2. The first-order valence-corrected chi connectivity index (χ1v) is 8.58. The Bertz CT molecular complexity index is 763. The predicted molar refractivity (Wildman–Crippen MR) is 97.1 cm³/mol. The van der Waals surface area contributed by atoms with Crippen molar-refractivity contribution in [2.75, 3.05) is 6.61 Å². The molecule has 0 aliphatic rings. The number of ether oxygens (including phenoxy) is 2. The van der Waals surface area contributed by atoms with E-state index in [1.165, 1.54) is 12.1 Å². The highest BCUT2D eigenvalue weighted by Crippen LogP contribution is 2.17. The number of carboxylic acid groups (broad SMARTS) is 1. The van der Waals surface area contributed by atoms with Gasteiger partial charge in [-0.1, -0.05) is 24.3 Å². The van der Waals surface area contributed by atoms with Crippen LogP contribution >= 0.6 is 0 Å². The van der Waals surface area contributed by atoms with Crippen LogP contribution in [0.1, 0.15) is 25.3 Å². The molecule has 0 bridgehead atoms. The van der Waals surface area contributed by atoms with E-state index >= 15 is 0 Å². The zero-order valence-electron chi connectivity index (χ0n) is 15.0. The van der Waals surface area contributed by atoms with E-state index in [-0.39, 0.29) is 18.1 Å². The van der Waals surface area contributed by atoms with E-state index < -0.39 is 17.9 Å². The van der Waals surface area contributed by atoms with Crippen LogP contribution < -0.4 is 14.8 Å². The minimum atomic E-state index is -0.849. The lowest BCUT2D eigenvalue weighted by atomic mass is 10.2. The summed E-state index contributed by atoms with van der Waals surface area (Å²) in [7, 11) is 0. The topological polar surface area (TPSA) is 84.9 Å². The summed E-state index contributed by atoms with van der Waals surface area (Å²) in [6, 6.07) is 13.0. The third-order valence-electron chi connectivity index (χ3n) is 3.70. The predicted octanol–water partition coefficient (Wildman–Crippen LogP) is 3.15. The van der Waals surface area contributed by atoms with E-state index in [2.05, 4.69) is 5.32 Å². The van der Waals surface area contributed by atoms with Gasteiger partial charge in [0.05, 0.1) is 6.61 Å². The summed E-state index contributed by atoms with van der Waals surface area (Å²) < 4.78 is 24.3. The molecule has 27 heavy (non-hydrogen) atoms. The molecule has 1 unspecified atom stereocenters. The summed E-state index contributed by atoms with van der Waals surface area (Å²) in [6.45, 7) is 2.17. The highest BCUT2D eigenvalue weighted by Gasteiger charge is 2.16. The number of hydrogen-bond acceptors (Lipinski definition) is 4. The maximum absolute atomic E-state index is 13.6. The Morgan fingerprint density at radius 1 is 1.15 bits per heavy atom. The van der Waals surface area contributed by atoms with E-state index in [4.69, 9.17) is 14.6 Å². The summed E-state index contributed by atoms with van der Waals surface area (Å²) in [5.41, 5.74) is 0.860. The number of carbonyl (C=O) groups excluding carboxylic acids is 1. The van der Waals surface area contributed by atoms with E-state index in [9.17, 15) is 14.0 Å². The molecule has 6 nitrogen and oxygen atoms in total. The molecule has 2 N–H and O–H groups in total. The fourth-order valence-corrected chi connectivity index (χ4v) is 2.23. The van der Waals surface area contributed by atoms with Crippen molar-refractivity contribution in [3.8, 4) is 11.5 Å². The average molecular weight is 375 g/mol. The van der Waals surface area contributed by atoms with Crippen molar-refractivity contribution in [2.24, 2.45) is 0 Å². The highest BCUT2D eigenvalue weighted by atomic mass is 19.1. The van der Waals surface area contributed by atoms with Gasteiger partial charge in [0, 0.05) is 13.0 Å². The standard InChI is InChI=1S/C20H22FNO5/c1-14(27-18-6-3-2-5-17(18)21)20(25)22-13-15-8-10-16(11-9-15)26-12-4-7-19(23)24/h2-3,5-6,8-11,14H,4,7,12-13H2,1H3,(H,22,25)(H,23,24). The van der Waals surface area contributed by atoms with Gasteiger partial charge in [0.1, 0.15) is 5.75 Å². The Kier molecular flexibility index (Phi) is 7.61. The maximum Gasteiger partial charge on any atom is 0.303 e. The number of benzene rings is 2. The van der Waals surface area contributed by atoms with Crippen molar-refractivity contribution in [2.45, 2.75) is 32.4 Å². The molecule has 0 spiro atoms. The molecule has 144 valence electrons. The lowest BCUT2D eigenvalue weighted by Gasteiger charge is -2.15. The zero-order chi connectivity index (χ0) is 19.6. The largest absolute Gasteiger partial charge is 0.494 e. The molecule has 2 aromatic rings. The van der Waals surface area contributed by atoms with E-state index in [0.717, 1.165) is 5.56 Å². The van der Waals surface area contributed by atoms with Crippen molar-refractivity contribution in [3.05, 3.63) is 59.9 Å². The summed E-state index contributed by atoms with van der Waals surface area (Å²) >= 11 is 0. The van der Waals surface area contributed by atoms with Crippen molar-refractivity contribution in [3.63, 3.8) is 0 Å². The summed E-state index contributed by atoms with van der Waals surface area (Å²) in [5, 5.41) is 11.3. The molecule has 7 heteroatoms. The van der Waals surface area contributed by atoms with E-state index in [1.807, 2.05) is 0 Å². The van der Waals surface area contributed by atoms with Gasteiger partial charge in [0.15, 0.2) is 17.7 Å². The smallest absolute Gasteiger partial charge is 0.303 e. The summed E-state index contributed by atoms with van der Waals surface area (Å²) in [6.07, 6.45) is -0.330. The second-order valence-corrected chi connectivity index (χ2v) is 5.90. The van der Waals surface area contributed by atoms with E-state index in [0.29, 0.717) is 25.3 Å². The van der Waals surface area contributed by atoms with Crippen molar-refractivity contribution >= 4 is 11.9 Å². The fourth-order valence-electron chi connectivity index (χ4n) is 2.23. The molecule has 0 heterocycles. The minimum absolute atomic E-state index is 0.0320. The normalized spacial score (nSPS) is 11.5. The highest BCUT2D eigenvalue weighted by molar-refractivity contribution is 5.80. The SMILES string of the molecule is CC(Oc1ccccc1F)C(=O)NCc1ccc(OCCCC(=O)O)cc1. The molecule has 0 saturated carbocycles. The molecule has 0 aliphatic carbocycles. The number of carbonyl (C=O) groups is 2. The number of hydrogen-bond donors (Lipinski definition) is 2. The molecule has 0 aliphatic heterocycles. The van der Waals surface area contributed by atoms with Crippen molar-refractivity contribution in [1.82, 2.24) is 5.32 Å². The number of carboxylic acids is 1. The van der Waals surface area contributed by atoms with Crippen LogP contribution in [0.5, 0.6) is 11.5 Å². The molecule has 0 fully saturated rings. The molecule has 1 atom stereocenters. The molecule has 1 amide bonds. The molecule has 2 rings (SSSR count). The lowest BCUT2D eigenvalue weighted by molar-refractivity contribution is -0.137. The molecular formula is C20H22FNO5. The van der Waals surface area contributed by atoms with Crippen molar-refractivity contribution in [1.29, 1.82) is 0 Å². The van der Waals surface area contributed by atoms with Gasteiger partial charge in [0.2, 0.25) is 0 Å². The zero-order valence-corrected chi connectivity index (χ0v) is 15.0. The number of nitrogens with one attached hydrogen (secondary N) is 1. The van der Waals surface area contributed by atoms with Gasteiger partial charge in [-0.3, -0.25) is 9.59 Å². The van der Waals surface area contributed by atoms with Crippen LogP contribution in [0.4, 0.5) is 4.39 Å². The Labute approximate surface area is 156 Å². The Hall–Kier alpha value is -3.09. The Balaban J connectivity index is 1.76. The van der Waals surface area contributed by atoms with Crippen molar-refractivity contribution < 1.29 is 28.6 Å². The van der Waals surface area contributed by atoms with Gasteiger partial charge in [-0.25, -0.2) is 4.39 Å². The quantitative estimate of drug-likeness (QED) is 0.623. The van der Waals surface area contributed by atoms with Gasteiger partial charge in [-0.2, -0.15) is 0 Å². The molecule has 0 saturated heterocycles. The number of rotatable bonds is 10. The van der Waals surface area contributed by atoms with Crippen LogP contribution in [0, 0.1) is 5.82 Å². The fraction of sp³-hybridized carbons (Fsp3) is 0.300. The van der Waals surface area contributed by atoms with Gasteiger partial charge in [0.25, 0.3) is 5.91 Å². The second kappa shape index (κ2) is 10.2. The molecule has 0 aromatic heterocycles. The maximum atomic E-state index is 13.6. The van der Waals surface area contributed by atoms with Gasteiger partial charge < -0.3 is 19.9 Å². The number of para-hydroxylation sites is 1. The van der Waals surface area contributed by atoms with Crippen LogP contribution in [-0.4, -0.2) is 29.7 Å². The molecule has 0 radical (unpaired) electrons. The van der Waals surface area contributed by atoms with Crippen LogP contribution in [0.2, 0.25) is 0 Å². The van der Waals surface area contributed by atoms with Crippen LogP contribution in [0.15, 0.2) is 48.5 Å². The average Bonchev–Trinajstić information content (AvgIpc) is 2.66. The van der Waals surface area contributed by atoms with Gasteiger partial charge in [-0.05, 0) is 43.2 Å². The molecular weight excluding hydrogens is 353 g/mol. The number of amides is 1. The monoisotopic (exact) mass is 375 g/mol. The Morgan fingerprint density at radius 2 is 1.85 bits per heavy atom. The number of aliphatic carboxylic acids is 1. The van der Waals surface area contributed by atoms with E-state index in [1.54, 1.807) is 43.3 Å². The van der Waals surface area contributed by atoms with Crippen LogP contribution in [0.3, 0.4) is 0 Å². The molecule has 2 aromatic carbocycles. The van der Waals surface area contributed by atoms with Gasteiger partial charge in [-0.15, -0.1) is 0 Å².